The number of aromatic hydroxyl groups is 9. The molecule has 56 heavy (non-hydrogen) atoms. The van der Waals surface area contributed by atoms with Crippen LogP contribution < -0.4 is 10.6 Å². The third-order valence-electron chi connectivity index (χ3n) is 8.75. The highest BCUT2D eigenvalue weighted by Gasteiger charge is 2.33. The average Bonchev–Trinajstić information content (AvgIpc) is 3.52. The molecule has 5 aromatic carbocycles. The van der Waals surface area contributed by atoms with Crippen LogP contribution in [-0.4, -0.2) is 62.3 Å². The van der Waals surface area contributed by atoms with E-state index in [1.54, 1.807) is 30.3 Å². The monoisotopic (exact) mass is 757 g/mol. The largest absolute Gasteiger partial charge is 0.508 e. The number of carbonyl (C=O) groups is 2. The Labute approximate surface area is 318 Å². The summed E-state index contributed by atoms with van der Waals surface area (Å²) < 4.78 is 1.40. The van der Waals surface area contributed by atoms with Gasteiger partial charge in [-0.15, -0.1) is 0 Å². The van der Waals surface area contributed by atoms with E-state index >= 15 is 0 Å². The standard InChI is InChI=1S/C42H35N3O11/c46-28-7-1-23(2-8-28)13-16-43-42(56)39-37(27-21-34(52)40(54)35(53)22-27)36(26-6-12-31(49)33(51)20-26)38(45(39)18-15-24-3-9-29(47)10-4-24)41(55)44-17-14-25-5-11-30(48)32(50)19-25/h1-14,16-17,19-22,46-54H,15,18H2,(H,43,56)(H,44,55)/b16-13+,17-14+. The highest BCUT2D eigenvalue weighted by Crippen LogP contribution is 2.46. The lowest BCUT2D eigenvalue weighted by Crippen LogP contribution is -2.27. The maximum atomic E-state index is 14.5. The maximum Gasteiger partial charge on any atom is 0.272 e. The van der Waals surface area contributed by atoms with Crippen LogP contribution in [0.2, 0.25) is 0 Å². The fourth-order valence-electron chi connectivity index (χ4n) is 6.00. The first-order valence-corrected chi connectivity index (χ1v) is 16.9. The van der Waals surface area contributed by atoms with Gasteiger partial charge in [0.1, 0.15) is 22.9 Å². The molecule has 6 rings (SSSR count). The number of aromatic nitrogens is 1. The Bertz CT molecular complexity index is 2480. The first-order chi connectivity index (χ1) is 26.8. The minimum absolute atomic E-state index is 0.0105. The zero-order valence-electron chi connectivity index (χ0n) is 29.2. The van der Waals surface area contributed by atoms with Crippen molar-refractivity contribution in [3.63, 3.8) is 0 Å². The molecule has 0 bridgehead atoms. The molecule has 11 N–H and O–H groups in total. The number of phenols is 9. The van der Waals surface area contributed by atoms with Crippen molar-refractivity contribution in [2.75, 3.05) is 0 Å². The Kier molecular flexibility index (Phi) is 10.7. The van der Waals surface area contributed by atoms with Crippen LogP contribution in [0.15, 0.2) is 109 Å². The molecule has 0 radical (unpaired) electrons. The number of carbonyl (C=O) groups excluding carboxylic acids is 2. The van der Waals surface area contributed by atoms with Crippen LogP contribution in [0, 0.1) is 0 Å². The first-order valence-electron chi connectivity index (χ1n) is 16.9. The quantitative estimate of drug-likeness (QED) is 0.0663. The van der Waals surface area contributed by atoms with Crippen molar-refractivity contribution in [2.45, 2.75) is 13.0 Å². The van der Waals surface area contributed by atoms with E-state index in [0.29, 0.717) is 16.7 Å². The van der Waals surface area contributed by atoms with Gasteiger partial charge in [0, 0.05) is 30.1 Å². The molecule has 6 aromatic rings. The predicted molar refractivity (Wildman–Crippen MR) is 206 cm³/mol. The molecule has 14 nitrogen and oxygen atoms in total. The van der Waals surface area contributed by atoms with E-state index in [1.165, 1.54) is 77.6 Å². The van der Waals surface area contributed by atoms with Crippen LogP contribution in [0.4, 0.5) is 0 Å². The van der Waals surface area contributed by atoms with Crippen LogP contribution in [0.1, 0.15) is 37.7 Å². The second-order valence-corrected chi connectivity index (χ2v) is 12.5. The van der Waals surface area contributed by atoms with E-state index < -0.39 is 46.3 Å². The molecule has 0 fully saturated rings. The molecule has 0 unspecified atom stereocenters. The number of nitrogens with zero attached hydrogens (tertiary/aromatic N) is 1. The van der Waals surface area contributed by atoms with Gasteiger partial charge in [-0.2, -0.15) is 0 Å². The number of hydrogen-bond acceptors (Lipinski definition) is 11. The van der Waals surface area contributed by atoms with Gasteiger partial charge >= 0.3 is 0 Å². The molecular formula is C42H35N3O11. The van der Waals surface area contributed by atoms with Crippen LogP contribution >= 0.6 is 0 Å². The van der Waals surface area contributed by atoms with Crippen molar-refractivity contribution >= 4 is 24.0 Å². The minimum atomic E-state index is -0.837. The van der Waals surface area contributed by atoms with Gasteiger partial charge in [-0.3, -0.25) is 9.59 Å². The van der Waals surface area contributed by atoms with Gasteiger partial charge in [-0.05, 0) is 107 Å². The smallest absolute Gasteiger partial charge is 0.272 e. The molecule has 14 heteroatoms. The minimum Gasteiger partial charge on any atom is -0.508 e. The summed E-state index contributed by atoms with van der Waals surface area (Å²) >= 11 is 0. The van der Waals surface area contributed by atoms with E-state index in [4.69, 9.17) is 0 Å². The van der Waals surface area contributed by atoms with Crippen molar-refractivity contribution < 1.29 is 55.5 Å². The summed E-state index contributed by atoms with van der Waals surface area (Å²) in [5, 5.41) is 97.0. The van der Waals surface area contributed by atoms with Crippen LogP contribution in [0.25, 0.3) is 34.4 Å². The Morgan fingerprint density at radius 2 is 0.964 bits per heavy atom. The van der Waals surface area contributed by atoms with Gasteiger partial charge in [0.2, 0.25) is 0 Å². The molecule has 0 aliphatic rings. The van der Waals surface area contributed by atoms with Crippen LogP contribution in [0.5, 0.6) is 51.7 Å². The van der Waals surface area contributed by atoms with Crippen molar-refractivity contribution in [2.24, 2.45) is 0 Å². The Balaban J connectivity index is 1.60. The third-order valence-corrected chi connectivity index (χ3v) is 8.75. The highest BCUT2D eigenvalue weighted by atomic mass is 16.3. The molecular weight excluding hydrogens is 722 g/mol. The predicted octanol–water partition coefficient (Wildman–Crippen LogP) is 6.22. The fraction of sp³-hybridized carbons (Fsp3) is 0.0476. The van der Waals surface area contributed by atoms with Crippen molar-refractivity contribution in [1.29, 1.82) is 0 Å². The number of aryl methyl sites for hydroxylation is 1. The van der Waals surface area contributed by atoms with Crippen molar-refractivity contribution in [3.05, 3.63) is 138 Å². The van der Waals surface area contributed by atoms with E-state index in [9.17, 15) is 55.5 Å². The van der Waals surface area contributed by atoms with Crippen molar-refractivity contribution in [3.8, 4) is 74.0 Å². The number of hydrogen-bond donors (Lipinski definition) is 11. The van der Waals surface area contributed by atoms with Crippen LogP contribution in [-0.2, 0) is 13.0 Å². The van der Waals surface area contributed by atoms with E-state index in [1.807, 2.05) is 0 Å². The first kappa shape index (κ1) is 37.7. The lowest BCUT2D eigenvalue weighted by Gasteiger charge is -2.14. The molecule has 0 aliphatic heterocycles. The van der Waals surface area contributed by atoms with E-state index in [2.05, 4.69) is 10.6 Å². The van der Waals surface area contributed by atoms with Gasteiger partial charge in [-0.25, -0.2) is 0 Å². The van der Waals surface area contributed by atoms with E-state index in [-0.39, 0.29) is 63.9 Å². The second kappa shape index (κ2) is 15.9. The Morgan fingerprint density at radius 3 is 1.52 bits per heavy atom. The van der Waals surface area contributed by atoms with E-state index in [0.717, 1.165) is 18.2 Å². The summed E-state index contributed by atoms with van der Waals surface area (Å²) in [6, 6.07) is 22.3. The normalized spacial score (nSPS) is 11.3. The van der Waals surface area contributed by atoms with Gasteiger partial charge in [0.25, 0.3) is 11.8 Å². The number of benzene rings is 5. The number of nitrogens with one attached hydrogen (secondary N) is 2. The fourth-order valence-corrected chi connectivity index (χ4v) is 6.00. The second-order valence-electron chi connectivity index (χ2n) is 12.5. The van der Waals surface area contributed by atoms with Gasteiger partial charge in [-0.1, -0.05) is 36.4 Å². The molecule has 1 heterocycles. The van der Waals surface area contributed by atoms with Gasteiger partial charge < -0.3 is 61.2 Å². The van der Waals surface area contributed by atoms with Gasteiger partial charge in [0.15, 0.2) is 40.2 Å². The third kappa shape index (κ3) is 8.14. The summed E-state index contributed by atoms with van der Waals surface area (Å²) in [5.41, 5.74) is 1.49. The zero-order chi connectivity index (χ0) is 40.1. The van der Waals surface area contributed by atoms with Crippen molar-refractivity contribution in [1.82, 2.24) is 15.2 Å². The molecule has 0 aliphatic carbocycles. The molecule has 2 amide bonds. The lowest BCUT2D eigenvalue weighted by molar-refractivity contribution is 0.0955. The topological polar surface area (TPSA) is 245 Å². The number of amides is 2. The molecule has 0 saturated heterocycles. The molecule has 1 aromatic heterocycles. The lowest BCUT2D eigenvalue weighted by atomic mass is 9.93. The summed E-state index contributed by atoms with van der Waals surface area (Å²) in [5.74, 6) is -5.62. The average molecular weight is 758 g/mol. The summed E-state index contributed by atoms with van der Waals surface area (Å²) in [4.78, 5) is 29.0. The van der Waals surface area contributed by atoms with Crippen LogP contribution in [0.3, 0.4) is 0 Å². The highest BCUT2D eigenvalue weighted by molar-refractivity contribution is 6.12. The zero-order valence-corrected chi connectivity index (χ0v) is 29.2. The Hall–Kier alpha value is -8.00. The Morgan fingerprint density at radius 1 is 0.500 bits per heavy atom. The molecule has 284 valence electrons. The molecule has 0 saturated carbocycles. The SMILES string of the molecule is O=C(N/C=C/c1ccc(O)c(O)c1)c1c(-c2ccc(O)c(O)c2)c(-c2cc(O)c(O)c(O)c2)c(C(=O)N/C=C/c2ccc(O)cc2)n1CCc1ccc(O)cc1. The number of phenolic OH excluding ortho intramolecular Hbond substituents is 9. The maximum absolute atomic E-state index is 14.5. The summed E-state index contributed by atoms with van der Waals surface area (Å²) in [7, 11) is 0. The molecule has 0 atom stereocenters. The summed E-state index contributed by atoms with van der Waals surface area (Å²) in [6.45, 7) is -0.0549. The number of rotatable bonds is 11. The molecule has 0 spiro atoms. The summed E-state index contributed by atoms with van der Waals surface area (Å²) in [6.07, 6.45) is 5.79. The van der Waals surface area contributed by atoms with Gasteiger partial charge in [0.05, 0.1) is 0 Å².